The fraction of sp³-hybridized carbons (Fsp3) is 0.208. The zero-order chi connectivity index (χ0) is 24.2. The number of halogens is 1. The number of pyridine rings is 1. The van der Waals surface area contributed by atoms with Gasteiger partial charge in [0, 0.05) is 35.4 Å². The van der Waals surface area contributed by atoms with E-state index in [4.69, 9.17) is 0 Å². The van der Waals surface area contributed by atoms with Crippen molar-refractivity contribution in [1.82, 2.24) is 15.6 Å². The Bertz CT molecular complexity index is 1300. The van der Waals surface area contributed by atoms with Gasteiger partial charge in [-0.3, -0.25) is 24.7 Å². The topological polar surface area (TPSA) is 126 Å². The molecule has 2 amide bonds. The standard InChI is InChI=1S/C24H22BrN5O4/c1-26-23(31)17-10-15(25)11-21(30(33)34)22(17)28-19-8-4-5-9-20(19)29-24(32)18-13-27-12-14-6-2-3-7-16(14)18/h2-7,10-13,19-20,28H,8-9H2,1H3,(H,26,31)(H,29,32)/t19-,20+/m1/s1. The molecule has 0 aliphatic heterocycles. The minimum atomic E-state index is -0.534. The second-order valence-corrected chi connectivity index (χ2v) is 8.78. The molecule has 0 radical (unpaired) electrons. The molecule has 10 heteroatoms. The fourth-order valence-electron chi connectivity index (χ4n) is 4.06. The summed E-state index contributed by atoms with van der Waals surface area (Å²) in [6.07, 6.45) is 8.18. The first-order chi connectivity index (χ1) is 16.4. The van der Waals surface area contributed by atoms with Gasteiger partial charge in [-0.1, -0.05) is 52.3 Å². The van der Waals surface area contributed by atoms with Gasteiger partial charge in [-0.15, -0.1) is 0 Å². The molecule has 2 aromatic carbocycles. The summed E-state index contributed by atoms with van der Waals surface area (Å²) < 4.78 is 0.417. The Hall–Kier alpha value is -3.79. The van der Waals surface area contributed by atoms with E-state index < -0.39 is 10.8 Å². The van der Waals surface area contributed by atoms with Gasteiger partial charge in [-0.25, -0.2) is 0 Å². The maximum absolute atomic E-state index is 13.2. The highest BCUT2D eigenvalue weighted by Crippen LogP contribution is 2.34. The van der Waals surface area contributed by atoms with Crippen molar-refractivity contribution < 1.29 is 14.5 Å². The summed E-state index contributed by atoms with van der Waals surface area (Å²) in [5.41, 5.74) is 0.471. The van der Waals surface area contributed by atoms with Crippen LogP contribution in [0.1, 0.15) is 33.6 Å². The van der Waals surface area contributed by atoms with E-state index in [1.54, 1.807) is 6.20 Å². The molecule has 4 rings (SSSR count). The van der Waals surface area contributed by atoms with Crippen LogP contribution >= 0.6 is 15.9 Å². The first kappa shape index (κ1) is 23.4. The third kappa shape index (κ3) is 4.76. The molecule has 9 nitrogen and oxygen atoms in total. The Morgan fingerprint density at radius 1 is 1.06 bits per heavy atom. The van der Waals surface area contributed by atoms with Crippen molar-refractivity contribution in [2.45, 2.75) is 24.9 Å². The van der Waals surface area contributed by atoms with Gasteiger partial charge in [-0.2, -0.15) is 0 Å². The van der Waals surface area contributed by atoms with Gasteiger partial charge in [0.2, 0.25) is 0 Å². The average molecular weight is 524 g/mol. The Morgan fingerprint density at radius 2 is 1.79 bits per heavy atom. The number of nitrogens with zero attached hydrogens (tertiary/aromatic N) is 2. The van der Waals surface area contributed by atoms with Crippen molar-refractivity contribution >= 4 is 49.9 Å². The Kier molecular flexibility index (Phi) is 6.87. The number of carbonyl (C=O) groups excluding carboxylic acids is 2. The number of nitrogens with one attached hydrogen (secondary N) is 3. The number of anilines is 1. The molecule has 1 aliphatic carbocycles. The first-order valence-corrected chi connectivity index (χ1v) is 11.4. The number of fused-ring (bicyclic) bond motifs is 1. The van der Waals surface area contributed by atoms with Crippen LogP contribution < -0.4 is 16.0 Å². The lowest BCUT2D eigenvalue weighted by molar-refractivity contribution is -0.384. The van der Waals surface area contributed by atoms with E-state index in [2.05, 4.69) is 36.9 Å². The molecule has 0 bridgehead atoms. The van der Waals surface area contributed by atoms with Crippen molar-refractivity contribution in [3.05, 3.63) is 86.7 Å². The van der Waals surface area contributed by atoms with E-state index in [1.807, 2.05) is 36.4 Å². The largest absolute Gasteiger partial charge is 0.374 e. The van der Waals surface area contributed by atoms with Crippen LogP contribution in [0.5, 0.6) is 0 Å². The van der Waals surface area contributed by atoms with Crippen LogP contribution in [0.2, 0.25) is 0 Å². The minimum Gasteiger partial charge on any atom is -0.374 e. The van der Waals surface area contributed by atoms with E-state index in [1.165, 1.54) is 25.4 Å². The Morgan fingerprint density at radius 3 is 2.53 bits per heavy atom. The smallest absolute Gasteiger partial charge is 0.294 e. The third-order valence-electron chi connectivity index (χ3n) is 5.74. The molecule has 174 valence electrons. The van der Waals surface area contributed by atoms with Gasteiger partial charge in [-0.05, 0) is 24.3 Å². The maximum Gasteiger partial charge on any atom is 0.294 e. The molecule has 1 aromatic heterocycles. The lowest BCUT2D eigenvalue weighted by Crippen LogP contribution is -2.48. The third-order valence-corrected chi connectivity index (χ3v) is 6.20. The summed E-state index contributed by atoms with van der Waals surface area (Å²) in [5.74, 6) is -0.742. The summed E-state index contributed by atoms with van der Waals surface area (Å²) in [5, 5.41) is 22.2. The zero-order valence-corrected chi connectivity index (χ0v) is 19.8. The molecule has 0 spiro atoms. The lowest BCUT2D eigenvalue weighted by atomic mass is 9.94. The monoisotopic (exact) mass is 523 g/mol. The van der Waals surface area contributed by atoms with Crippen LogP contribution in [-0.4, -0.2) is 40.9 Å². The van der Waals surface area contributed by atoms with Gasteiger partial charge in [0.05, 0.1) is 28.1 Å². The van der Waals surface area contributed by atoms with Crippen LogP contribution in [0.4, 0.5) is 11.4 Å². The van der Waals surface area contributed by atoms with Crippen LogP contribution in [0, 0.1) is 10.1 Å². The number of aromatic nitrogens is 1. The normalized spacial score (nSPS) is 17.2. The molecule has 34 heavy (non-hydrogen) atoms. The number of benzene rings is 2. The highest BCUT2D eigenvalue weighted by molar-refractivity contribution is 9.10. The molecular weight excluding hydrogens is 502 g/mol. The number of nitro groups is 1. The summed E-state index contributed by atoms with van der Waals surface area (Å²) in [6, 6.07) is 9.64. The van der Waals surface area contributed by atoms with E-state index in [9.17, 15) is 19.7 Å². The van der Waals surface area contributed by atoms with Crippen molar-refractivity contribution in [1.29, 1.82) is 0 Å². The van der Waals surface area contributed by atoms with E-state index >= 15 is 0 Å². The molecule has 3 N–H and O–H groups in total. The highest BCUT2D eigenvalue weighted by atomic mass is 79.9. The number of hydrogen-bond acceptors (Lipinski definition) is 6. The second-order valence-electron chi connectivity index (χ2n) is 7.87. The van der Waals surface area contributed by atoms with Gasteiger partial charge in [0.25, 0.3) is 17.5 Å². The highest BCUT2D eigenvalue weighted by Gasteiger charge is 2.30. The summed E-state index contributed by atoms with van der Waals surface area (Å²) in [7, 11) is 1.46. The average Bonchev–Trinajstić information content (AvgIpc) is 2.84. The first-order valence-electron chi connectivity index (χ1n) is 10.6. The van der Waals surface area contributed by atoms with Crippen LogP contribution in [0.15, 0.2) is 65.4 Å². The zero-order valence-electron chi connectivity index (χ0n) is 18.2. The fourth-order valence-corrected chi connectivity index (χ4v) is 4.51. The SMILES string of the molecule is CNC(=O)c1cc(Br)cc([N+](=O)[O-])c1N[C@@H]1CC=CC[C@@H]1NC(=O)c1cncc2ccccc12. The molecule has 1 heterocycles. The van der Waals surface area contributed by atoms with Gasteiger partial charge < -0.3 is 16.0 Å². The Balaban J connectivity index is 1.65. The molecule has 0 fully saturated rings. The van der Waals surface area contributed by atoms with Crippen molar-refractivity contribution in [2.75, 3.05) is 12.4 Å². The molecule has 3 aromatic rings. The number of carbonyl (C=O) groups is 2. The van der Waals surface area contributed by atoms with Gasteiger partial charge in [0.1, 0.15) is 5.69 Å². The number of nitro benzene ring substituents is 1. The number of amides is 2. The summed E-state index contributed by atoms with van der Waals surface area (Å²) in [6.45, 7) is 0. The summed E-state index contributed by atoms with van der Waals surface area (Å²) >= 11 is 3.24. The molecule has 1 aliphatic rings. The van der Waals surface area contributed by atoms with Gasteiger partial charge >= 0.3 is 0 Å². The predicted molar refractivity (Wildman–Crippen MR) is 133 cm³/mol. The quantitative estimate of drug-likeness (QED) is 0.252. The minimum absolute atomic E-state index is 0.110. The van der Waals surface area contributed by atoms with Crippen molar-refractivity contribution in [3.8, 4) is 0 Å². The number of hydrogen-bond donors (Lipinski definition) is 3. The van der Waals surface area contributed by atoms with Crippen LogP contribution in [0.25, 0.3) is 10.8 Å². The molecule has 2 atom stereocenters. The van der Waals surface area contributed by atoms with Gasteiger partial charge in [0.15, 0.2) is 0 Å². The molecule has 0 unspecified atom stereocenters. The van der Waals surface area contributed by atoms with Crippen LogP contribution in [0.3, 0.4) is 0 Å². The predicted octanol–water partition coefficient (Wildman–Crippen LogP) is 4.19. The van der Waals surface area contributed by atoms with Crippen molar-refractivity contribution in [3.63, 3.8) is 0 Å². The van der Waals surface area contributed by atoms with Crippen LogP contribution in [-0.2, 0) is 0 Å². The number of rotatable bonds is 6. The molecule has 0 saturated heterocycles. The maximum atomic E-state index is 13.2. The molecular formula is C24H22BrN5O4. The van der Waals surface area contributed by atoms with E-state index in [0.29, 0.717) is 22.9 Å². The second kappa shape index (κ2) is 10.0. The molecule has 0 saturated carbocycles. The summed E-state index contributed by atoms with van der Waals surface area (Å²) in [4.78, 5) is 41.1. The Labute approximate surface area is 203 Å². The van der Waals surface area contributed by atoms with E-state index in [0.717, 1.165) is 10.8 Å². The lowest BCUT2D eigenvalue weighted by Gasteiger charge is -2.31. The van der Waals surface area contributed by atoms with E-state index in [-0.39, 0.29) is 34.9 Å². The van der Waals surface area contributed by atoms with Crippen molar-refractivity contribution in [2.24, 2.45) is 0 Å².